The molecule has 1 heterocycles. The van der Waals surface area contributed by atoms with E-state index in [2.05, 4.69) is 24.7 Å². The molecule has 0 aromatic carbocycles. The van der Waals surface area contributed by atoms with Gasteiger partial charge in [-0.3, -0.25) is 25.2 Å². The lowest BCUT2D eigenvalue weighted by atomic mass is 9.79. The maximum atomic E-state index is 12.4. The fourth-order valence-corrected chi connectivity index (χ4v) is 4.98. The van der Waals surface area contributed by atoms with E-state index in [4.69, 9.17) is 0 Å². The van der Waals surface area contributed by atoms with E-state index in [0.29, 0.717) is 11.5 Å². The highest BCUT2D eigenvalue weighted by atomic mass is 32.1. The van der Waals surface area contributed by atoms with Crippen LogP contribution in [0.25, 0.3) is 0 Å². The lowest BCUT2D eigenvalue weighted by molar-refractivity contribution is -0.149. The molecule has 2 saturated carbocycles. The highest BCUT2D eigenvalue weighted by molar-refractivity contribution is 7.10. The molecule has 6 nitrogen and oxygen atoms in total. The van der Waals surface area contributed by atoms with E-state index in [1.807, 2.05) is 6.07 Å². The van der Waals surface area contributed by atoms with Gasteiger partial charge in [0.15, 0.2) is 0 Å². The standard InChI is InChI=1S/C17H22N2O4S/c1-8(2)12-6-11(7-24-12)15(20)18-19-16(21)13-9-3-4-10(5-9)14(13)17(22)23/h6-10,13-14H,3-5H2,1-2H3,(H,18,20)(H,19,21)(H,22,23)/t9-,10-,13+,14+/m0/s1. The smallest absolute Gasteiger partial charge is 0.307 e. The van der Waals surface area contributed by atoms with Gasteiger partial charge < -0.3 is 5.11 Å². The molecule has 0 radical (unpaired) electrons. The summed E-state index contributed by atoms with van der Waals surface area (Å²) in [7, 11) is 0. The summed E-state index contributed by atoms with van der Waals surface area (Å²) in [6, 6.07) is 1.81. The molecule has 1 aromatic rings. The van der Waals surface area contributed by atoms with Crippen molar-refractivity contribution in [2.75, 3.05) is 0 Å². The van der Waals surface area contributed by atoms with Gasteiger partial charge in [-0.2, -0.15) is 0 Å². The lowest BCUT2D eigenvalue weighted by Gasteiger charge is -2.26. The van der Waals surface area contributed by atoms with E-state index in [0.717, 1.165) is 24.1 Å². The van der Waals surface area contributed by atoms with Gasteiger partial charge in [-0.05, 0) is 43.1 Å². The molecule has 1 aromatic heterocycles. The van der Waals surface area contributed by atoms with Gasteiger partial charge in [-0.15, -0.1) is 11.3 Å². The van der Waals surface area contributed by atoms with Crippen molar-refractivity contribution < 1.29 is 19.5 Å². The van der Waals surface area contributed by atoms with Gasteiger partial charge in [0.1, 0.15) is 0 Å². The Balaban J connectivity index is 1.60. The minimum atomic E-state index is -0.909. The molecule has 2 aliphatic rings. The molecule has 24 heavy (non-hydrogen) atoms. The Morgan fingerprint density at radius 2 is 1.83 bits per heavy atom. The Labute approximate surface area is 144 Å². The van der Waals surface area contributed by atoms with Crippen molar-refractivity contribution in [1.82, 2.24) is 10.9 Å². The summed E-state index contributed by atoms with van der Waals surface area (Å²) in [5.41, 5.74) is 5.36. The van der Waals surface area contributed by atoms with Crippen LogP contribution in [-0.2, 0) is 9.59 Å². The van der Waals surface area contributed by atoms with Crippen LogP contribution in [0.3, 0.4) is 0 Å². The van der Waals surface area contributed by atoms with Crippen molar-refractivity contribution >= 4 is 29.1 Å². The second-order valence-corrected chi connectivity index (χ2v) is 8.00. The average Bonchev–Trinajstić information content (AvgIpc) is 3.25. The third-order valence-corrected chi connectivity index (χ3v) is 6.49. The van der Waals surface area contributed by atoms with Crippen LogP contribution >= 0.6 is 11.3 Å². The minimum Gasteiger partial charge on any atom is -0.481 e. The second kappa shape index (κ2) is 6.55. The van der Waals surface area contributed by atoms with Crippen LogP contribution in [0.15, 0.2) is 11.4 Å². The Morgan fingerprint density at radius 1 is 1.17 bits per heavy atom. The van der Waals surface area contributed by atoms with Crippen molar-refractivity contribution in [2.24, 2.45) is 23.7 Å². The van der Waals surface area contributed by atoms with Crippen LogP contribution in [0.5, 0.6) is 0 Å². The van der Waals surface area contributed by atoms with Crippen molar-refractivity contribution in [2.45, 2.75) is 39.0 Å². The zero-order valence-electron chi connectivity index (χ0n) is 13.7. The summed E-state index contributed by atoms with van der Waals surface area (Å²) < 4.78 is 0. The first-order chi connectivity index (χ1) is 11.4. The number of aliphatic carboxylic acids is 1. The van der Waals surface area contributed by atoms with E-state index in [9.17, 15) is 19.5 Å². The number of thiophene rings is 1. The van der Waals surface area contributed by atoms with Crippen molar-refractivity contribution in [3.05, 3.63) is 21.9 Å². The zero-order chi connectivity index (χ0) is 17.4. The van der Waals surface area contributed by atoms with E-state index in [1.165, 1.54) is 11.3 Å². The van der Waals surface area contributed by atoms with Crippen molar-refractivity contribution in [3.8, 4) is 0 Å². The molecule has 2 aliphatic carbocycles. The summed E-state index contributed by atoms with van der Waals surface area (Å²) in [5, 5.41) is 11.2. The molecule has 0 spiro atoms. The molecule has 2 bridgehead atoms. The number of hydrogen-bond donors (Lipinski definition) is 3. The number of rotatable bonds is 4. The van der Waals surface area contributed by atoms with Crippen LogP contribution in [0, 0.1) is 23.7 Å². The summed E-state index contributed by atoms with van der Waals surface area (Å²) in [4.78, 5) is 37.1. The molecule has 3 rings (SSSR count). The molecule has 130 valence electrons. The van der Waals surface area contributed by atoms with Gasteiger partial charge in [0, 0.05) is 10.3 Å². The largest absolute Gasteiger partial charge is 0.481 e. The van der Waals surface area contributed by atoms with E-state index in [-0.39, 0.29) is 23.7 Å². The Bertz CT molecular complexity index is 669. The number of carbonyl (C=O) groups is 3. The maximum Gasteiger partial charge on any atom is 0.307 e. The number of nitrogens with one attached hydrogen (secondary N) is 2. The van der Waals surface area contributed by atoms with Gasteiger partial charge in [0.2, 0.25) is 5.91 Å². The summed E-state index contributed by atoms with van der Waals surface area (Å²) in [5.74, 6) is -2.30. The predicted octanol–water partition coefficient (Wildman–Crippen LogP) is 2.38. The van der Waals surface area contributed by atoms with Crippen LogP contribution in [0.1, 0.15) is 54.3 Å². The van der Waals surface area contributed by atoms with Gasteiger partial charge in [0.05, 0.1) is 17.4 Å². The molecular weight excluding hydrogens is 328 g/mol. The van der Waals surface area contributed by atoms with Gasteiger partial charge >= 0.3 is 5.97 Å². The molecule has 7 heteroatoms. The molecular formula is C17H22N2O4S. The van der Waals surface area contributed by atoms with E-state index in [1.54, 1.807) is 5.38 Å². The third kappa shape index (κ3) is 3.05. The van der Waals surface area contributed by atoms with Crippen LogP contribution in [-0.4, -0.2) is 22.9 Å². The van der Waals surface area contributed by atoms with Crippen LogP contribution in [0.2, 0.25) is 0 Å². The molecule has 0 aliphatic heterocycles. The molecule has 4 atom stereocenters. The number of carbonyl (C=O) groups excluding carboxylic acids is 2. The quantitative estimate of drug-likeness (QED) is 0.727. The number of fused-ring (bicyclic) bond motifs is 2. The van der Waals surface area contributed by atoms with E-state index < -0.39 is 17.8 Å². The Morgan fingerprint density at radius 3 is 2.42 bits per heavy atom. The first kappa shape index (κ1) is 17.0. The summed E-state index contributed by atoms with van der Waals surface area (Å²) in [6.07, 6.45) is 2.57. The number of hydrazine groups is 1. The fourth-order valence-electron chi connectivity index (χ4n) is 4.07. The molecule has 3 N–H and O–H groups in total. The molecule has 0 saturated heterocycles. The highest BCUT2D eigenvalue weighted by Crippen LogP contribution is 2.52. The summed E-state index contributed by atoms with van der Waals surface area (Å²) >= 11 is 1.51. The van der Waals surface area contributed by atoms with Gasteiger partial charge in [-0.25, -0.2) is 0 Å². The average molecular weight is 350 g/mol. The van der Waals surface area contributed by atoms with Gasteiger partial charge in [-0.1, -0.05) is 13.8 Å². The Hall–Kier alpha value is -1.89. The van der Waals surface area contributed by atoms with E-state index >= 15 is 0 Å². The first-order valence-corrected chi connectivity index (χ1v) is 9.18. The SMILES string of the molecule is CC(C)c1cc(C(=O)NNC(=O)[C@@H]2[C@H]3CC[C@@H](C3)[C@H]2C(=O)O)cs1. The lowest BCUT2D eigenvalue weighted by Crippen LogP contribution is -2.48. The summed E-state index contributed by atoms with van der Waals surface area (Å²) in [6.45, 7) is 4.10. The number of carboxylic acids is 1. The number of amides is 2. The van der Waals surface area contributed by atoms with Crippen LogP contribution in [0.4, 0.5) is 0 Å². The normalized spacial score (nSPS) is 28.1. The maximum absolute atomic E-state index is 12.4. The van der Waals surface area contributed by atoms with Crippen LogP contribution < -0.4 is 10.9 Å². The minimum absolute atomic E-state index is 0.0874. The molecule has 2 amide bonds. The van der Waals surface area contributed by atoms with Gasteiger partial charge in [0.25, 0.3) is 5.91 Å². The van der Waals surface area contributed by atoms with Crippen molar-refractivity contribution in [1.29, 1.82) is 0 Å². The predicted molar refractivity (Wildman–Crippen MR) is 89.5 cm³/mol. The zero-order valence-corrected chi connectivity index (χ0v) is 14.6. The topological polar surface area (TPSA) is 95.5 Å². The third-order valence-electron chi connectivity index (χ3n) is 5.25. The molecule has 0 unspecified atom stereocenters. The highest BCUT2D eigenvalue weighted by Gasteiger charge is 2.54. The number of hydrogen-bond acceptors (Lipinski definition) is 4. The van der Waals surface area contributed by atoms with Crippen molar-refractivity contribution in [3.63, 3.8) is 0 Å². The second-order valence-electron chi connectivity index (χ2n) is 7.06. The monoisotopic (exact) mass is 350 g/mol. The first-order valence-electron chi connectivity index (χ1n) is 8.30. The number of carboxylic acid groups (broad SMARTS) is 1. The fraction of sp³-hybridized carbons (Fsp3) is 0.588. The Kier molecular flexibility index (Phi) is 4.62. The molecule has 2 fully saturated rings.